The van der Waals surface area contributed by atoms with E-state index in [4.69, 9.17) is 0 Å². The third kappa shape index (κ3) is 1.97. The van der Waals surface area contributed by atoms with E-state index in [0.717, 1.165) is 27.1 Å². The maximum absolute atomic E-state index is 11.2. The van der Waals surface area contributed by atoms with Crippen LogP contribution in [0.4, 0.5) is 0 Å². The first-order valence-electron chi connectivity index (χ1n) is 5.13. The maximum atomic E-state index is 11.2. The van der Waals surface area contributed by atoms with Gasteiger partial charge in [-0.15, -0.1) is 11.3 Å². The van der Waals surface area contributed by atoms with Crippen molar-refractivity contribution in [2.45, 2.75) is 38.5 Å². The smallest absolute Gasteiger partial charge is 0.338 e. The Labute approximate surface area is 101 Å². The second kappa shape index (κ2) is 4.26. The lowest BCUT2D eigenvalue weighted by Gasteiger charge is -2.10. The Bertz CT molecular complexity index is 392. The van der Waals surface area contributed by atoms with E-state index in [2.05, 4.69) is 15.9 Å². The summed E-state index contributed by atoms with van der Waals surface area (Å²) in [5, 5.41) is 9.20. The van der Waals surface area contributed by atoms with Crippen LogP contribution in [0.15, 0.2) is 3.79 Å². The first kappa shape index (κ1) is 11.1. The number of carbonyl (C=O) groups is 1. The van der Waals surface area contributed by atoms with Crippen molar-refractivity contribution in [2.75, 3.05) is 0 Å². The average Bonchev–Trinajstić information content (AvgIpc) is 2.71. The maximum Gasteiger partial charge on any atom is 0.338 e. The van der Waals surface area contributed by atoms with Crippen molar-refractivity contribution in [3.63, 3.8) is 0 Å². The zero-order valence-electron chi connectivity index (χ0n) is 8.55. The summed E-state index contributed by atoms with van der Waals surface area (Å²) in [7, 11) is 0. The van der Waals surface area contributed by atoms with E-state index < -0.39 is 5.97 Å². The highest BCUT2D eigenvalue weighted by Gasteiger charge is 2.28. The van der Waals surface area contributed by atoms with E-state index in [0.29, 0.717) is 11.5 Å². The third-order valence-electron chi connectivity index (χ3n) is 3.07. The van der Waals surface area contributed by atoms with Gasteiger partial charge in [-0.2, -0.15) is 0 Å². The summed E-state index contributed by atoms with van der Waals surface area (Å²) in [5.41, 5.74) is 1.58. The molecule has 1 aromatic rings. The van der Waals surface area contributed by atoms with Crippen LogP contribution < -0.4 is 0 Å². The van der Waals surface area contributed by atoms with E-state index in [1.54, 1.807) is 11.3 Å². The van der Waals surface area contributed by atoms with Gasteiger partial charge in [-0.05, 0) is 47.2 Å². The van der Waals surface area contributed by atoms with Crippen LogP contribution in [0.3, 0.4) is 0 Å². The quantitative estimate of drug-likeness (QED) is 0.887. The van der Waals surface area contributed by atoms with Gasteiger partial charge in [-0.3, -0.25) is 0 Å². The molecular weight excluding hydrogens is 276 g/mol. The molecule has 0 aliphatic heterocycles. The Balaban J connectivity index is 2.47. The Morgan fingerprint density at radius 1 is 1.47 bits per heavy atom. The zero-order valence-corrected chi connectivity index (χ0v) is 10.9. The van der Waals surface area contributed by atoms with Crippen LogP contribution in [-0.2, 0) is 0 Å². The Hall–Kier alpha value is -0.350. The van der Waals surface area contributed by atoms with Gasteiger partial charge in [-0.1, -0.05) is 12.8 Å². The van der Waals surface area contributed by atoms with Crippen LogP contribution in [0.2, 0.25) is 0 Å². The van der Waals surface area contributed by atoms with Crippen molar-refractivity contribution in [2.24, 2.45) is 0 Å². The van der Waals surface area contributed by atoms with Crippen molar-refractivity contribution < 1.29 is 9.90 Å². The molecule has 1 aliphatic carbocycles. The lowest BCUT2D eigenvalue weighted by Crippen LogP contribution is -2.04. The van der Waals surface area contributed by atoms with Crippen LogP contribution in [0.25, 0.3) is 0 Å². The highest BCUT2D eigenvalue weighted by atomic mass is 79.9. The molecule has 1 fully saturated rings. The molecule has 1 N–H and O–H groups in total. The minimum Gasteiger partial charge on any atom is -0.478 e. The van der Waals surface area contributed by atoms with E-state index in [1.807, 2.05) is 6.92 Å². The topological polar surface area (TPSA) is 37.3 Å². The molecule has 0 bridgehead atoms. The molecule has 0 saturated heterocycles. The molecule has 82 valence electrons. The molecule has 2 rings (SSSR count). The summed E-state index contributed by atoms with van der Waals surface area (Å²) in [4.78, 5) is 12.3. The molecule has 1 aliphatic rings. The van der Waals surface area contributed by atoms with E-state index >= 15 is 0 Å². The summed E-state index contributed by atoms with van der Waals surface area (Å²) in [5.74, 6) is -0.327. The van der Waals surface area contributed by atoms with E-state index in [-0.39, 0.29) is 0 Å². The molecule has 4 heteroatoms. The van der Waals surface area contributed by atoms with Crippen LogP contribution in [-0.4, -0.2) is 11.1 Å². The number of halogens is 1. The largest absolute Gasteiger partial charge is 0.478 e. The molecule has 1 saturated carbocycles. The normalized spacial score (nSPS) is 17.2. The number of thiophene rings is 1. The fraction of sp³-hybridized carbons (Fsp3) is 0.545. The van der Waals surface area contributed by atoms with Crippen LogP contribution in [0.1, 0.15) is 52.4 Å². The molecule has 1 heterocycles. The highest BCUT2D eigenvalue weighted by Crippen LogP contribution is 2.43. The van der Waals surface area contributed by atoms with Crippen molar-refractivity contribution in [1.82, 2.24) is 0 Å². The predicted octanol–water partition coefficient (Wildman–Crippen LogP) is 4.17. The lowest BCUT2D eigenvalue weighted by molar-refractivity contribution is 0.0695. The van der Waals surface area contributed by atoms with Gasteiger partial charge in [0.05, 0.1) is 9.35 Å². The molecule has 0 atom stereocenters. The standard InChI is InChI=1S/C11H13BrO2S/c1-6-8(7-4-2-3-5-7)9(11(13)14)10(12)15-6/h7H,2-5H2,1H3,(H,13,14). The number of carboxylic acids is 1. The molecule has 0 radical (unpaired) electrons. The average molecular weight is 289 g/mol. The fourth-order valence-electron chi connectivity index (χ4n) is 2.43. The fourth-order valence-corrected chi connectivity index (χ4v) is 4.49. The first-order valence-corrected chi connectivity index (χ1v) is 6.74. The van der Waals surface area contributed by atoms with Crippen molar-refractivity contribution in [1.29, 1.82) is 0 Å². The van der Waals surface area contributed by atoms with Crippen molar-refractivity contribution in [3.8, 4) is 0 Å². The summed E-state index contributed by atoms with van der Waals surface area (Å²) in [6, 6.07) is 0. The second-order valence-electron chi connectivity index (χ2n) is 4.01. The molecular formula is C11H13BrO2S. The Kier molecular flexibility index (Phi) is 3.16. The van der Waals surface area contributed by atoms with Gasteiger partial charge in [0.15, 0.2) is 0 Å². The number of hydrogen-bond donors (Lipinski definition) is 1. The first-order chi connectivity index (χ1) is 7.11. The second-order valence-corrected chi connectivity index (χ2v) is 6.55. The molecule has 0 unspecified atom stereocenters. The van der Waals surface area contributed by atoms with Crippen molar-refractivity contribution in [3.05, 3.63) is 19.8 Å². The van der Waals surface area contributed by atoms with Gasteiger partial charge >= 0.3 is 5.97 Å². The summed E-state index contributed by atoms with van der Waals surface area (Å²) in [6.07, 6.45) is 4.75. The monoisotopic (exact) mass is 288 g/mol. The Morgan fingerprint density at radius 3 is 2.60 bits per heavy atom. The molecule has 15 heavy (non-hydrogen) atoms. The number of rotatable bonds is 2. The molecule has 0 amide bonds. The van der Waals surface area contributed by atoms with Crippen LogP contribution in [0, 0.1) is 6.92 Å². The molecule has 2 nitrogen and oxygen atoms in total. The van der Waals surface area contributed by atoms with Gasteiger partial charge < -0.3 is 5.11 Å². The lowest BCUT2D eigenvalue weighted by atomic mass is 9.94. The predicted molar refractivity (Wildman–Crippen MR) is 64.9 cm³/mol. The SMILES string of the molecule is Cc1sc(Br)c(C(=O)O)c1C1CCCC1. The minimum absolute atomic E-state index is 0.471. The summed E-state index contributed by atoms with van der Waals surface area (Å²) < 4.78 is 0.773. The summed E-state index contributed by atoms with van der Waals surface area (Å²) in [6.45, 7) is 2.02. The third-order valence-corrected chi connectivity index (χ3v) is 4.86. The van der Waals surface area contributed by atoms with Gasteiger partial charge in [-0.25, -0.2) is 4.79 Å². The number of aromatic carboxylic acids is 1. The Morgan fingerprint density at radius 2 is 2.07 bits per heavy atom. The number of carboxylic acid groups (broad SMARTS) is 1. The van der Waals surface area contributed by atoms with Gasteiger partial charge in [0.2, 0.25) is 0 Å². The molecule has 1 aromatic heterocycles. The number of aryl methyl sites for hydroxylation is 1. The van der Waals surface area contributed by atoms with Gasteiger partial charge in [0, 0.05) is 4.88 Å². The van der Waals surface area contributed by atoms with E-state index in [9.17, 15) is 9.90 Å². The summed E-state index contributed by atoms with van der Waals surface area (Å²) >= 11 is 4.90. The number of hydrogen-bond acceptors (Lipinski definition) is 2. The molecule has 0 aromatic carbocycles. The minimum atomic E-state index is -0.798. The zero-order chi connectivity index (χ0) is 11.0. The van der Waals surface area contributed by atoms with Gasteiger partial charge in [0.25, 0.3) is 0 Å². The van der Waals surface area contributed by atoms with Crippen LogP contribution >= 0.6 is 27.3 Å². The van der Waals surface area contributed by atoms with Gasteiger partial charge in [0.1, 0.15) is 0 Å². The molecule has 0 spiro atoms. The van der Waals surface area contributed by atoms with E-state index in [1.165, 1.54) is 12.8 Å². The van der Waals surface area contributed by atoms with Crippen molar-refractivity contribution >= 4 is 33.2 Å². The van der Waals surface area contributed by atoms with Crippen LogP contribution in [0.5, 0.6) is 0 Å². The highest BCUT2D eigenvalue weighted by molar-refractivity contribution is 9.11.